The zero-order valence-electron chi connectivity index (χ0n) is 26.6. The summed E-state index contributed by atoms with van der Waals surface area (Å²) >= 11 is 0. The number of ketones is 2. The molecule has 0 aromatic heterocycles. The Bertz CT molecular complexity index is 596. The maximum atomic E-state index is 10.8. The molecule has 0 aliphatic carbocycles. The third kappa shape index (κ3) is 32.7. The van der Waals surface area contributed by atoms with Crippen LogP contribution in [0.3, 0.4) is 0 Å². The molecule has 3 atom stereocenters. The summed E-state index contributed by atoms with van der Waals surface area (Å²) in [4.78, 5) is 32.0. The maximum Gasteiger partial charge on any atom is 0.305 e. The van der Waals surface area contributed by atoms with Gasteiger partial charge in [-0.1, -0.05) is 41.5 Å². The number of methoxy groups -OCH3 is 2. The average Bonchev–Trinajstić information content (AvgIpc) is 2.81. The van der Waals surface area contributed by atoms with Gasteiger partial charge in [-0.25, -0.2) is 0 Å². The number of hydrogen-bond acceptors (Lipinski definition) is 8. The second kappa shape index (κ2) is 28.1. The summed E-state index contributed by atoms with van der Waals surface area (Å²) in [6, 6.07) is 0. The summed E-state index contributed by atoms with van der Waals surface area (Å²) in [5.74, 6) is 1.69. The molecular formula is C30H61NO8. The van der Waals surface area contributed by atoms with E-state index in [2.05, 4.69) is 41.5 Å². The molecule has 0 aliphatic rings. The van der Waals surface area contributed by atoms with Crippen molar-refractivity contribution in [1.29, 1.82) is 0 Å². The topological polar surface area (TPSA) is 134 Å². The van der Waals surface area contributed by atoms with E-state index in [1.165, 1.54) is 0 Å². The van der Waals surface area contributed by atoms with E-state index in [1.807, 2.05) is 0 Å². The molecule has 0 amide bonds. The first kappa shape index (κ1) is 42.1. The number of aliphatic carboxylic acids is 1. The number of Topliss-reactive ketones (excluding diaryl/α,β-unsaturated/α-hetero) is 2. The summed E-state index contributed by atoms with van der Waals surface area (Å²) in [6.07, 6.45) is 3.88. The van der Waals surface area contributed by atoms with Gasteiger partial charge in [-0.05, 0) is 63.3 Å². The van der Waals surface area contributed by atoms with Gasteiger partial charge < -0.3 is 39.4 Å². The van der Waals surface area contributed by atoms with E-state index in [4.69, 9.17) is 29.8 Å². The van der Waals surface area contributed by atoms with Crippen LogP contribution in [0.15, 0.2) is 0 Å². The van der Waals surface area contributed by atoms with Gasteiger partial charge in [-0.15, -0.1) is 0 Å². The van der Waals surface area contributed by atoms with Crippen LogP contribution in [0.25, 0.3) is 0 Å². The van der Waals surface area contributed by atoms with E-state index in [0.29, 0.717) is 69.5 Å². The largest absolute Gasteiger partial charge is 0.481 e. The number of nitrogens with two attached hydrogens (primary N) is 1. The highest BCUT2D eigenvalue weighted by Gasteiger charge is 2.16. The molecule has 9 nitrogen and oxygen atoms in total. The number of carbonyl (C=O) groups is 3. The van der Waals surface area contributed by atoms with E-state index < -0.39 is 5.97 Å². The fourth-order valence-electron chi connectivity index (χ4n) is 3.58. The fraction of sp³-hybridized carbons (Fsp3) is 0.900. The van der Waals surface area contributed by atoms with Crippen molar-refractivity contribution in [3.05, 3.63) is 0 Å². The minimum atomic E-state index is -0.812. The van der Waals surface area contributed by atoms with Crippen molar-refractivity contribution in [3.63, 3.8) is 0 Å². The molecule has 39 heavy (non-hydrogen) atoms. The van der Waals surface area contributed by atoms with Crippen LogP contribution in [0, 0.1) is 23.7 Å². The molecule has 0 bridgehead atoms. The van der Waals surface area contributed by atoms with Crippen LogP contribution in [-0.4, -0.2) is 82.0 Å². The molecule has 9 heteroatoms. The third-order valence-corrected chi connectivity index (χ3v) is 6.03. The van der Waals surface area contributed by atoms with Crippen molar-refractivity contribution in [2.45, 2.75) is 106 Å². The van der Waals surface area contributed by atoms with Gasteiger partial charge in [0.15, 0.2) is 0 Å². The lowest BCUT2D eigenvalue weighted by molar-refractivity contribution is -0.140. The van der Waals surface area contributed by atoms with Crippen LogP contribution in [0.1, 0.15) is 93.9 Å². The van der Waals surface area contributed by atoms with Crippen molar-refractivity contribution in [2.24, 2.45) is 29.4 Å². The van der Waals surface area contributed by atoms with E-state index in [-0.39, 0.29) is 30.2 Å². The van der Waals surface area contributed by atoms with Crippen LogP contribution >= 0.6 is 0 Å². The summed E-state index contributed by atoms with van der Waals surface area (Å²) in [7, 11) is 3.25. The molecule has 0 spiro atoms. The Morgan fingerprint density at radius 2 is 1.23 bits per heavy atom. The van der Waals surface area contributed by atoms with Crippen molar-refractivity contribution >= 4 is 17.5 Å². The molecule has 234 valence electrons. The minimum Gasteiger partial charge on any atom is -0.481 e. The van der Waals surface area contributed by atoms with Crippen LogP contribution in [0.4, 0.5) is 0 Å². The number of carboxylic acids is 1. The van der Waals surface area contributed by atoms with Crippen molar-refractivity contribution in [2.75, 3.05) is 47.2 Å². The second-order valence-corrected chi connectivity index (χ2v) is 11.1. The van der Waals surface area contributed by atoms with E-state index in [0.717, 1.165) is 19.3 Å². The Morgan fingerprint density at radius 1 is 0.744 bits per heavy atom. The predicted molar refractivity (Wildman–Crippen MR) is 157 cm³/mol. The lowest BCUT2D eigenvalue weighted by atomic mass is 9.91. The van der Waals surface area contributed by atoms with E-state index in [1.54, 1.807) is 28.1 Å². The number of carbonyl (C=O) groups excluding carboxylic acids is 2. The SMILES string of the molecule is CC(=O)CCC(CN)C(C)C.COCCOC(CC(=O)O)CC(C)C.COCCOC(CCC(C)=O)C(C)C. The molecule has 3 unspecified atom stereocenters. The van der Waals surface area contributed by atoms with Gasteiger partial charge in [0.1, 0.15) is 11.6 Å². The number of hydrogen-bond donors (Lipinski definition) is 2. The van der Waals surface area contributed by atoms with Gasteiger partial charge >= 0.3 is 5.97 Å². The molecule has 0 saturated carbocycles. The maximum absolute atomic E-state index is 10.8. The van der Waals surface area contributed by atoms with Gasteiger partial charge in [0.2, 0.25) is 0 Å². The molecular weight excluding hydrogens is 502 g/mol. The zero-order chi connectivity index (χ0) is 30.8. The lowest BCUT2D eigenvalue weighted by Gasteiger charge is -2.20. The van der Waals surface area contributed by atoms with Gasteiger partial charge in [-0.2, -0.15) is 0 Å². The quantitative estimate of drug-likeness (QED) is 0.181. The minimum absolute atomic E-state index is 0.0713. The molecule has 0 heterocycles. The normalized spacial score (nSPS) is 13.3. The summed E-state index contributed by atoms with van der Waals surface area (Å²) in [5, 5.41) is 8.64. The highest BCUT2D eigenvalue weighted by molar-refractivity contribution is 5.75. The average molecular weight is 564 g/mol. The van der Waals surface area contributed by atoms with Crippen molar-refractivity contribution in [1.82, 2.24) is 0 Å². The molecule has 0 aromatic rings. The standard InChI is InChI=1S/C11H22O3.C10H20O4.C9H19NO/c1-9(2)11(6-5-10(3)12)14-8-7-13-4;1-8(2)6-9(7-10(11)12)14-5-4-13-3;1-7(2)9(6-10)5-4-8(3)11/h9,11H,5-8H2,1-4H3;8-9H,4-7H2,1-3H3,(H,11,12);7,9H,4-6,10H2,1-3H3. The Morgan fingerprint density at radius 3 is 1.59 bits per heavy atom. The molecule has 3 N–H and O–H groups in total. The molecule has 0 rings (SSSR count). The van der Waals surface area contributed by atoms with Crippen LogP contribution in [0.5, 0.6) is 0 Å². The van der Waals surface area contributed by atoms with Gasteiger partial charge in [-0.3, -0.25) is 4.79 Å². The molecule has 0 fully saturated rings. The van der Waals surface area contributed by atoms with Gasteiger partial charge in [0.25, 0.3) is 0 Å². The smallest absolute Gasteiger partial charge is 0.305 e. The molecule has 0 radical (unpaired) electrons. The van der Waals surface area contributed by atoms with Gasteiger partial charge in [0.05, 0.1) is 45.1 Å². The zero-order valence-corrected chi connectivity index (χ0v) is 26.6. The number of rotatable bonds is 21. The highest BCUT2D eigenvalue weighted by Crippen LogP contribution is 2.15. The first-order valence-corrected chi connectivity index (χ1v) is 14.3. The first-order valence-electron chi connectivity index (χ1n) is 14.3. The fourth-order valence-corrected chi connectivity index (χ4v) is 3.58. The van der Waals surface area contributed by atoms with Crippen molar-refractivity contribution in [3.8, 4) is 0 Å². The third-order valence-electron chi connectivity index (χ3n) is 6.03. The van der Waals surface area contributed by atoms with Gasteiger partial charge in [0, 0.05) is 27.1 Å². The lowest BCUT2D eigenvalue weighted by Crippen LogP contribution is -2.22. The Balaban J connectivity index is -0.000000503. The number of carboxylic acid groups (broad SMARTS) is 1. The van der Waals surface area contributed by atoms with Crippen molar-refractivity contribution < 1.29 is 38.4 Å². The molecule has 0 aliphatic heterocycles. The van der Waals surface area contributed by atoms with Crippen LogP contribution < -0.4 is 5.73 Å². The van der Waals surface area contributed by atoms with Crippen LogP contribution in [-0.2, 0) is 33.3 Å². The van der Waals surface area contributed by atoms with E-state index in [9.17, 15) is 14.4 Å². The molecule has 0 saturated heterocycles. The predicted octanol–water partition coefficient (Wildman–Crippen LogP) is 5.17. The Kier molecular flexibility index (Phi) is 30.4. The summed E-state index contributed by atoms with van der Waals surface area (Å²) in [5.41, 5.74) is 5.55. The first-order chi connectivity index (χ1) is 18.2. The Labute approximate surface area is 238 Å². The van der Waals surface area contributed by atoms with E-state index >= 15 is 0 Å². The summed E-state index contributed by atoms with van der Waals surface area (Å²) in [6.45, 7) is 18.8. The highest BCUT2D eigenvalue weighted by atomic mass is 16.5. The monoisotopic (exact) mass is 563 g/mol. The summed E-state index contributed by atoms with van der Waals surface area (Å²) < 4.78 is 20.8. The van der Waals surface area contributed by atoms with Crippen LogP contribution in [0.2, 0.25) is 0 Å². The second-order valence-electron chi connectivity index (χ2n) is 11.1. The molecule has 0 aromatic carbocycles. The Hall–Kier alpha value is -1.39. The number of ether oxygens (including phenoxy) is 4.